The fourth-order valence-corrected chi connectivity index (χ4v) is 1.15. The van der Waals surface area contributed by atoms with Crippen LogP contribution < -0.4 is 5.73 Å². The molecule has 0 aromatic rings. The van der Waals surface area contributed by atoms with Crippen molar-refractivity contribution in [3.63, 3.8) is 0 Å². The monoisotopic (exact) mass is 247 g/mol. The maximum atomic E-state index is 5.58. The van der Waals surface area contributed by atoms with Gasteiger partial charge in [0, 0.05) is 11.5 Å². The molecule has 0 heterocycles. The second-order valence-electron chi connectivity index (χ2n) is 2.91. The van der Waals surface area contributed by atoms with E-state index in [1.54, 1.807) is 6.21 Å². The zero-order chi connectivity index (χ0) is 10.1. The number of guanidine groups is 1. The van der Waals surface area contributed by atoms with Crippen molar-refractivity contribution in [3.05, 3.63) is 0 Å². The van der Waals surface area contributed by atoms with Gasteiger partial charge in [-0.3, -0.25) is 0 Å². The summed E-state index contributed by atoms with van der Waals surface area (Å²) in [7, 11) is 0. The van der Waals surface area contributed by atoms with Crippen LogP contribution in [0.15, 0.2) is 9.98 Å². The first-order valence-corrected chi connectivity index (χ1v) is 5.74. The van der Waals surface area contributed by atoms with E-state index in [0.717, 1.165) is 24.6 Å². The summed E-state index contributed by atoms with van der Waals surface area (Å²) in [5, 5.41) is 0.911. The van der Waals surface area contributed by atoms with E-state index in [4.69, 9.17) is 5.73 Å². The molecule has 0 unspecified atom stereocenters. The lowest BCUT2D eigenvalue weighted by molar-refractivity contribution is 0.653. The Kier molecular flexibility index (Phi) is 7.99. The van der Waals surface area contributed by atoms with Gasteiger partial charge in [0.05, 0.1) is 6.04 Å². The minimum Gasteiger partial charge on any atom is -0.368 e. The summed E-state index contributed by atoms with van der Waals surface area (Å²) in [4.78, 5) is 8.23. The first-order valence-electron chi connectivity index (χ1n) is 4.62. The molecule has 2 N–H and O–H groups in total. The molecule has 0 aliphatic heterocycles. The Morgan fingerprint density at radius 2 is 2.31 bits per heavy atom. The van der Waals surface area contributed by atoms with Crippen LogP contribution in [-0.2, 0) is 0 Å². The molecule has 0 saturated heterocycles. The minimum absolute atomic E-state index is 0.283. The van der Waals surface area contributed by atoms with Crippen LogP contribution in [0.4, 0.5) is 0 Å². The maximum Gasteiger partial charge on any atom is 0.215 e. The Hall–Kier alpha value is -0.380. The van der Waals surface area contributed by atoms with Crippen molar-refractivity contribution in [2.45, 2.75) is 39.2 Å². The Morgan fingerprint density at radius 1 is 1.62 bits per heavy atom. The number of nitrogens with zero attached hydrogens (tertiary/aromatic N) is 2. The SMILES string of the molecule is CCC[C@H](C)N=C(N)N=CCCBr. The third kappa shape index (κ3) is 7.96. The lowest BCUT2D eigenvalue weighted by Gasteiger charge is -2.02. The van der Waals surface area contributed by atoms with Crippen LogP contribution in [0.25, 0.3) is 0 Å². The summed E-state index contributed by atoms with van der Waals surface area (Å²) in [6.45, 7) is 4.19. The number of halogens is 1. The van der Waals surface area contributed by atoms with Crippen molar-refractivity contribution >= 4 is 28.1 Å². The molecule has 0 aliphatic carbocycles. The van der Waals surface area contributed by atoms with Gasteiger partial charge in [0.2, 0.25) is 5.96 Å². The fourth-order valence-electron chi connectivity index (χ4n) is 0.948. The third-order valence-corrected chi connectivity index (χ3v) is 1.98. The highest BCUT2D eigenvalue weighted by Crippen LogP contribution is 1.99. The van der Waals surface area contributed by atoms with Crippen LogP contribution in [-0.4, -0.2) is 23.5 Å². The van der Waals surface area contributed by atoms with Gasteiger partial charge in [-0.05, 0) is 19.8 Å². The smallest absolute Gasteiger partial charge is 0.215 e. The summed E-state index contributed by atoms with van der Waals surface area (Å²) in [6, 6.07) is 0.283. The first kappa shape index (κ1) is 12.6. The Bertz CT molecular complexity index is 178. The predicted molar refractivity (Wildman–Crippen MR) is 62.9 cm³/mol. The molecule has 0 saturated carbocycles. The molecule has 0 aromatic heterocycles. The Balaban J connectivity index is 3.85. The predicted octanol–water partition coefficient (Wildman–Crippen LogP) is 2.35. The molecule has 0 rings (SSSR count). The standard InChI is InChI=1S/C9H18BrN3/c1-3-5-8(2)13-9(11)12-7-4-6-10/h7-8H,3-6H2,1-2H3,(H2,11,13)/t8-/m0/s1. The minimum atomic E-state index is 0.283. The number of hydrogen-bond acceptors (Lipinski definition) is 1. The lowest BCUT2D eigenvalue weighted by atomic mass is 10.2. The lowest BCUT2D eigenvalue weighted by Crippen LogP contribution is -2.12. The zero-order valence-corrected chi connectivity index (χ0v) is 9.92. The fraction of sp³-hybridized carbons (Fsp3) is 0.778. The second-order valence-corrected chi connectivity index (χ2v) is 3.71. The summed E-state index contributed by atoms with van der Waals surface area (Å²) >= 11 is 3.30. The zero-order valence-electron chi connectivity index (χ0n) is 8.33. The number of rotatable bonds is 5. The van der Waals surface area contributed by atoms with E-state index in [0.29, 0.717) is 5.96 Å². The molecule has 3 nitrogen and oxygen atoms in total. The van der Waals surface area contributed by atoms with Crippen LogP contribution in [0.3, 0.4) is 0 Å². The van der Waals surface area contributed by atoms with Gasteiger partial charge in [-0.2, -0.15) is 0 Å². The molecule has 0 bridgehead atoms. The normalized spacial score (nSPS) is 15.2. The van der Waals surface area contributed by atoms with E-state index in [-0.39, 0.29) is 6.04 Å². The van der Waals surface area contributed by atoms with Gasteiger partial charge in [-0.15, -0.1) is 0 Å². The Labute approximate surface area is 88.7 Å². The number of hydrogen-bond donors (Lipinski definition) is 1. The third-order valence-electron chi connectivity index (χ3n) is 1.52. The maximum absolute atomic E-state index is 5.58. The van der Waals surface area contributed by atoms with Gasteiger partial charge < -0.3 is 5.73 Å². The van der Waals surface area contributed by atoms with Crippen LogP contribution in [0.1, 0.15) is 33.1 Å². The highest BCUT2D eigenvalue weighted by molar-refractivity contribution is 9.09. The van der Waals surface area contributed by atoms with Crippen LogP contribution >= 0.6 is 15.9 Å². The van der Waals surface area contributed by atoms with Crippen molar-refractivity contribution in [2.24, 2.45) is 15.7 Å². The number of alkyl halides is 1. The molecule has 1 atom stereocenters. The van der Waals surface area contributed by atoms with Crippen LogP contribution in [0, 0.1) is 0 Å². The molecule has 0 amide bonds. The molecule has 0 aromatic carbocycles. The van der Waals surface area contributed by atoms with Gasteiger partial charge in [0.1, 0.15) is 0 Å². The highest BCUT2D eigenvalue weighted by Gasteiger charge is 1.96. The summed E-state index contributed by atoms with van der Waals surface area (Å²) in [5.41, 5.74) is 5.58. The number of nitrogens with two attached hydrogens (primary N) is 1. The van der Waals surface area contributed by atoms with Crippen molar-refractivity contribution in [2.75, 3.05) is 5.33 Å². The Morgan fingerprint density at radius 3 is 2.85 bits per heavy atom. The average molecular weight is 248 g/mol. The van der Waals surface area contributed by atoms with E-state index >= 15 is 0 Å². The molecular weight excluding hydrogens is 230 g/mol. The summed E-state index contributed by atoms with van der Waals surface area (Å²) in [6.07, 6.45) is 4.86. The van der Waals surface area contributed by atoms with E-state index in [9.17, 15) is 0 Å². The average Bonchev–Trinajstić information content (AvgIpc) is 2.05. The molecule has 0 aliphatic rings. The van der Waals surface area contributed by atoms with Gasteiger partial charge in [0.25, 0.3) is 0 Å². The van der Waals surface area contributed by atoms with E-state index in [1.165, 1.54) is 0 Å². The number of aliphatic imine (C=N–C) groups is 2. The molecule has 13 heavy (non-hydrogen) atoms. The van der Waals surface area contributed by atoms with Gasteiger partial charge in [0.15, 0.2) is 0 Å². The van der Waals surface area contributed by atoms with Gasteiger partial charge in [-0.25, -0.2) is 9.98 Å². The molecule has 4 heteroatoms. The van der Waals surface area contributed by atoms with Gasteiger partial charge >= 0.3 is 0 Å². The highest BCUT2D eigenvalue weighted by atomic mass is 79.9. The summed E-state index contributed by atoms with van der Waals surface area (Å²) < 4.78 is 0. The quantitative estimate of drug-likeness (QED) is 0.453. The van der Waals surface area contributed by atoms with E-state index in [2.05, 4.69) is 39.8 Å². The first-order chi connectivity index (χ1) is 6.20. The molecular formula is C9H18BrN3. The van der Waals surface area contributed by atoms with Crippen molar-refractivity contribution in [1.29, 1.82) is 0 Å². The topological polar surface area (TPSA) is 50.7 Å². The van der Waals surface area contributed by atoms with Crippen LogP contribution in [0.2, 0.25) is 0 Å². The van der Waals surface area contributed by atoms with Crippen molar-refractivity contribution in [1.82, 2.24) is 0 Å². The molecule has 0 spiro atoms. The molecule has 0 radical (unpaired) electrons. The van der Waals surface area contributed by atoms with Crippen LogP contribution in [0.5, 0.6) is 0 Å². The van der Waals surface area contributed by atoms with Gasteiger partial charge in [-0.1, -0.05) is 29.3 Å². The summed E-state index contributed by atoms with van der Waals surface area (Å²) in [5.74, 6) is 0.391. The molecule has 76 valence electrons. The molecule has 0 fully saturated rings. The largest absolute Gasteiger partial charge is 0.368 e. The second kappa shape index (κ2) is 8.23. The van der Waals surface area contributed by atoms with Crippen molar-refractivity contribution < 1.29 is 0 Å². The van der Waals surface area contributed by atoms with E-state index < -0.39 is 0 Å². The van der Waals surface area contributed by atoms with Crippen molar-refractivity contribution in [3.8, 4) is 0 Å². The van der Waals surface area contributed by atoms with E-state index in [1.807, 2.05) is 0 Å².